The van der Waals surface area contributed by atoms with E-state index in [9.17, 15) is 24.2 Å². The number of nitrogens with zero attached hydrogens (tertiary/aromatic N) is 2. The Kier molecular flexibility index (Phi) is 13.3. The van der Waals surface area contributed by atoms with E-state index in [1.165, 1.54) is 23.1 Å². The zero-order valence-electron chi connectivity index (χ0n) is 21.5. The van der Waals surface area contributed by atoms with E-state index in [0.29, 0.717) is 38.5 Å². The van der Waals surface area contributed by atoms with Crippen molar-refractivity contribution in [3.05, 3.63) is 35.6 Å². The van der Waals surface area contributed by atoms with Crippen LogP contribution in [-0.4, -0.2) is 103 Å². The Bertz CT molecular complexity index is 812. The molecule has 1 saturated heterocycles. The zero-order chi connectivity index (χ0) is 26.5. The van der Waals surface area contributed by atoms with E-state index in [1.807, 2.05) is 13.8 Å². The number of ether oxygens (including phenoxy) is 2. The molecule has 2 rings (SSSR count). The Labute approximate surface area is 213 Å². The molecular formula is C26H42FN3O6. The number of rotatable bonds is 7. The third-order valence-electron chi connectivity index (χ3n) is 6.20. The van der Waals surface area contributed by atoms with Gasteiger partial charge in [0.15, 0.2) is 0 Å². The first kappa shape index (κ1) is 30.1. The highest BCUT2D eigenvalue weighted by Gasteiger charge is 2.32. The Hall–Kier alpha value is -2.11. The minimum absolute atomic E-state index is 0.0948. The van der Waals surface area contributed by atoms with E-state index in [4.69, 9.17) is 15.2 Å². The number of aliphatic hydroxyl groups excluding tert-OH is 2. The molecule has 1 fully saturated rings. The predicted octanol–water partition coefficient (Wildman–Crippen LogP) is 1.41. The van der Waals surface area contributed by atoms with Crippen LogP contribution in [0.1, 0.15) is 49.9 Å². The van der Waals surface area contributed by atoms with Crippen LogP contribution in [0.15, 0.2) is 24.3 Å². The molecule has 4 N–H and O–H groups in total. The van der Waals surface area contributed by atoms with Gasteiger partial charge in [0, 0.05) is 52.4 Å². The molecule has 0 saturated carbocycles. The summed E-state index contributed by atoms with van der Waals surface area (Å²) in [4.78, 5) is 29.1. The third-order valence-corrected chi connectivity index (χ3v) is 6.20. The molecule has 1 aliphatic rings. The normalized spacial score (nSPS) is 22.9. The van der Waals surface area contributed by atoms with Crippen molar-refractivity contribution in [1.82, 2.24) is 9.80 Å². The number of hydrogen-bond donors (Lipinski definition) is 3. The molecule has 2 amide bonds. The van der Waals surface area contributed by atoms with Gasteiger partial charge >= 0.3 is 0 Å². The zero-order valence-corrected chi connectivity index (χ0v) is 21.5. The van der Waals surface area contributed by atoms with E-state index in [2.05, 4.69) is 0 Å². The lowest BCUT2D eigenvalue weighted by molar-refractivity contribution is -0.132. The first-order valence-electron chi connectivity index (χ1n) is 12.8. The maximum absolute atomic E-state index is 14.5. The smallest absolute Gasteiger partial charge is 0.256 e. The van der Waals surface area contributed by atoms with Gasteiger partial charge in [-0.2, -0.15) is 0 Å². The molecule has 1 aliphatic heterocycles. The molecule has 36 heavy (non-hydrogen) atoms. The van der Waals surface area contributed by atoms with Gasteiger partial charge < -0.3 is 35.2 Å². The molecule has 1 heterocycles. The van der Waals surface area contributed by atoms with Gasteiger partial charge in [0.1, 0.15) is 24.1 Å². The average molecular weight is 512 g/mol. The summed E-state index contributed by atoms with van der Waals surface area (Å²) in [5.74, 6) is -1.01. The van der Waals surface area contributed by atoms with Gasteiger partial charge in [-0.05, 0) is 37.3 Å². The molecule has 0 aliphatic carbocycles. The number of carbonyl (C=O) groups excluding carboxylic acids is 2. The molecule has 0 spiro atoms. The second-order valence-corrected chi connectivity index (χ2v) is 9.58. The molecule has 3 atom stereocenters. The van der Waals surface area contributed by atoms with Crippen molar-refractivity contribution < 1.29 is 33.7 Å². The van der Waals surface area contributed by atoms with Gasteiger partial charge in [0.25, 0.3) is 5.91 Å². The SMILES string of the molecule is CC(C)CCO[C@@H]1CN(C(=O)c2ccccc2F)CCN(C(=O)CCN)CCCCOC[C@@H](O)[C@H]1O. The summed E-state index contributed by atoms with van der Waals surface area (Å²) >= 11 is 0. The molecule has 0 radical (unpaired) electrons. The van der Waals surface area contributed by atoms with Crippen LogP contribution in [0.2, 0.25) is 0 Å². The van der Waals surface area contributed by atoms with Crippen LogP contribution < -0.4 is 5.73 Å². The lowest BCUT2D eigenvalue weighted by Crippen LogP contribution is -2.51. The molecule has 0 bridgehead atoms. The van der Waals surface area contributed by atoms with E-state index < -0.39 is 30.0 Å². The van der Waals surface area contributed by atoms with Crippen molar-refractivity contribution in [3.63, 3.8) is 0 Å². The Balaban J connectivity index is 2.34. The molecular weight excluding hydrogens is 469 g/mol. The average Bonchev–Trinajstić information content (AvgIpc) is 2.84. The lowest BCUT2D eigenvalue weighted by atomic mass is 10.1. The van der Waals surface area contributed by atoms with Crippen molar-refractivity contribution in [2.75, 3.05) is 52.5 Å². The maximum atomic E-state index is 14.5. The van der Waals surface area contributed by atoms with Gasteiger partial charge in [0.05, 0.1) is 12.2 Å². The number of aliphatic hydroxyl groups is 2. The van der Waals surface area contributed by atoms with E-state index in [1.54, 1.807) is 11.0 Å². The van der Waals surface area contributed by atoms with Crippen LogP contribution in [0.5, 0.6) is 0 Å². The van der Waals surface area contributed by atoms with E-state index in [0.717, 1.165) is 6.42 Å². The minimum Gasteiger partial charge on any atom is -0.388 e. The van der Waals surface area contributed by atoms with Gasteiger partial charge in [-0.25, -0.2) is 4.39 Å². The maximum Gasteiger partial charge on any atom is 0.256 e. The number of halogens is 1. The number of amides is 2. The predicted molar refractivity (Wildman–Crippen MR) is 134 cm³/mol. The summed E-state index contributed by atoms with van der Waals surface area (Å²) < 4.78 is 26.0. The Morgan fingerprint density at radius 1 is 1.17 bits per heavy atom. The second kappa shape index (κ2) is 15.9. The first-order valence-corrected chi connectivity index (χ1v) is 12.8. The van der Waals surface area contributed by atoms with Crippen molar-refractivity contribution in [1.29, 1.82) is 0 Å². The molecule has 0 aromatic heterocycles. The van der Waals surface area contributed by atoms with Gasteiger partial charge in [-0.3, -0.25) is 9.59 Å². The van der Waals surface area contributed by atoms with Gasteiger partial charge in [-0.1, -0.05) is 26.0 Å². The summed E-state index contributed by atoms with van der Waals surface area (Å²) in [6.45, 7) is 5.58. The van der Waals surface area contributed by atoms with Gasteiger partial charge in [0.2, 0.25) is 5.91 Å². The Morgan fingerprint density at radius 2 is 1.89 bits per heavy atom. The molecule has 1 aromatic carbocycles. The summed E-state index contributed by atoms with van der Waals surface area (Å²) in [7, 11) is 0. The quantitative estimate of drug-likeness (QED) is 0.505. The van der Waals surface area contributed by atoms with Crippen LogP contribution in [0.4, 0.5) is 4.39 Å². The summed E-state index contributed by atoms with van der Waals surface area (Å²) in [6.07, 6.45) is -1.26. The van der Waals surface area contributed by atoms with Crippen LogP contribution in [0, 0.1) is 11.7 Å². The minimum atomic E-state index is -1.33. The molecule has 0 unspecified atom stereocenters. The van der Waals surface area contributed by atoms with Crippen molar-refractivity contribution in [3.8, 4) is 0 Å². The van der Waals surface area contributed by atoms with Crippen molar-refractivity contribution in [2.24, 2.45) is 11.7 Å². The van der Waals surface area contributed by atoms with E-state index in [-0.39, 0.29) is 50.7 Å². The monoisotopic (exact) mass is 511 g/mol. The van der Waals surface area contributed by atoms with Crippen LogP contribution >= 0.6 is 0 Å². The molecule has 9 nitrogen and oxygen atoms in total. The van der Waals surface area contributed by atoms with E-state index >= 15 is 0 Å². The summed E-state index contributed by atoms with van der Waals surface area (Å²) in [5.41, 5.74) is 5.47. The number of hydrogen-bond acceptors (Lipinski definition) is 7. The highest BCUT2D eigenvalue weighted by Crippen LogP contribution is 2.16. The second-order valence-electron chi connectivity index (χ2n) is 9.58. The van der Waals surface area contributed by atoms with Gasteiger partial charge in [-0.15, -0.1) is 0 Å². The van der Waals surface area contributed by atoms with Crippen molar-refractivity contribution in [2.45, 2.75) is 57.8 Å². The fourth-order valence-corrected chi connectivity index (χ4v) is 3.95. The highest BCUT2D eigenvalue weighted by atomic mass is 19.1. The van der Waals surface area contributed by atoms with Crippen LogP contribution in [-0.2, 0) is 14.3 Å². The Morgan fingerprint density at radius 3 is 2.58 bits per heavy atom. The summed E-state index contributed by atoms with van der Waals surface area (Å²) in [5, 5.41) is 21.4. The third kappa shape index (κ3) is 9.74. The lowest BCUT2D eigenvalue weighted by Gasteiger charge is -2.34. The fourth-order valence-electron chi connectivity index (χ4n) is 3.95. The number of nitrogens with two attached hydrogens (primary N) is 1. The fraction of sp³-hybridized carbons (Fsp3) is 0.692. The topological polar surface area (TPSA) is 126 Å². The largest absolute Gasteiger partial charge is 0.388 e. The standard InChI is InChI=1S/C26H42FN3O6/c1-19(2)10-16-36-23-17-30(26(34)20-7-3-4-8-21(20)27)14-13-29(24(32)9-11-28)12-5-6-15-35-18-22(31)25(23)33/h3-4,7-8,19,22-23,25,31,33H,5-6,9-18,28H2,1-2H3/t22-,23-,25-/m1/s1. The first-order chi connectivity index (χ1) is 17.2. The van der Waals surface area contributed by atoms with Crippen LogP contribution in [0.3, 0.4) is 0 Å². The number of benzene rings is 1. The molecule has 10 heteroatoms. The molecule has 1 aromatic rings. The summed E-state index contributed by atoms with van der Waals surface area (Å²) in [6, 6.07) is 5.68. The number of carbonyl (C=O) groups is 2. The van der Waals surface area contributed by atoms with Crippen LogP contribution in [0.25, 0.3) is 0 Å². The van der Waals surface area contributed by atoms with Crippen molar-refractivity contribution >= 4 is 11.8 Å². The molecule has 204 valence electrons. The highest BCUT2D eigenvalue weighted by molar-refractivity contribution is 5.94.